The van der Waals surface area contributed by atoms with Crippen LogP contribution in [0.1, 0.15) is 27.2 Å². The Hall–Kier alpha value is -0.920. The van der Waals surface area contributed by atoms with Gasteiger partial charge < -0.3 is 4.74 Å². The van der Waals surface area contributed by atoms with Gasteiger partial charge in [0.15, 0.2) is 0 Å². The van der Waals surface area contributed by atoms with Crippen LogP contribution in [-0.4, -0.2) is 33.7 Å². The summed E-state index contributed by atoms with van der Waals surface area (Å²) < 4.78 is 35.9. The fourth-order valence-corrected chi connectivity index (χ4v) is 1.57. The summed E-state index contributed by atoms with van der Waals surface area (Å²) >= 11 is 0. The van der Waals surface area contributed by atoms with E-state index in [1.165, 1.54) is 6.92 Å². The van der Waals surface area contributed by atoms with E-state index in [0.29, 0.717) is 0 Å². The fourth-order valence-electron chi connectivity index (χ4n) is 0.865. The number of hydrogen-bond donors (Lipinski definition) is 0. The van der Waals surface area contributed by atoms with Crippen LogP contribution in [0.25, 0.3) is 0 Å². The predicted octanol–water partition coefficient (Wildman–Crippen LogP) is 1.18. The zero-order chi connectivity index (χ0) is 13.7. The molecule has 0 aromatic heterocycles. The van der Waals surface area contributed by atoms with Crippen molar-refractivity contribution < 1.29 is 26.3 Å². The maximum absolute atomic E-state index is 11.1. The average Bonchev–Trinajstić information content (AvgIpc) is 2.15. The van der Waals surface area contributed by atoms with Crippen LogP contribution in [0.5, 0.6) is 0 Å². The number of carbonyl (C=O) groups excluding carboxylic acids is 1. The van der Waals surface area contributed by atoms with Crippen LogP contribution < -0.4 is 0 Å². The van der Waals surface area contributed by atoms with Gasteiger partial charge in [0.2, 0.25) is 0 Å². The van der Waals surface area contributed by atoms with Gasteiger partial charge in [-0.15, -0.1) is 0 Å². The Morgan fingerprint density at radius 3 is 2.29 bits per heavy atom. The fraction of sp³-hybridized carbons (Fsp3) is 0.700. The Morgan fingerprint density at radius 2 is 1.88 bits per heavy atom. The van der Waals surface area contributed by atoms with Gasteiger partial charge in [-0.3, -0.25) is 4.18 Å². The third kappa shape index (κ3) is 7.09. The molecule has 0 amide bonds. The van der Waals surface area contributed by atoms with Gasteiger partial charge in [0, 0.05) is 12.0 Å². The first-order valence-corrected chi connectivity index (χ1v) is 6.27. The van der Waals surface area contributed by atoms with Gasteiger partial charge in [0.05, 0.1) is 19.3 Å². The Labute approximate surface area is 102 Å². The molecule has 17 heavy (non-hydrogen) atoms. The standard InChI is InChI=1S/C10H18O6S/c1-8(2)9(11)15-7-6-10(3,4)16-17(12,13)14-5/h1,6-7H2,2-5H3. The normalized spacial score (nSPS) is 12.2. The second kappa shape index (κ2) is 6.13. The van der Waals surface area contributed by atoms with Gasteiger partial charge in [-0.2, -0.15) is 8.42 Å². The maximum Gasteiger partial charge on any atom is 0.400 e. The third-order valence-corrected chi connectivity index (χ3v) is 2.88. The summed E-state index contributed by atoms with van der Waals surface area (Å²) in [5.41, 5.74) is -0.724. The first-order valence-electron chi connectivity index (χ1n) is 4.93. The molecule has 0 saturated carbocycles. The van der Waals surface area contributed by atoms with Gasteiger partial charge in [-0.1, -0.05) is 6.58 Å². The van der Waals surface area contributed by atoms with E-state index in [1.807, 2.05) is 0 Å². The van der Waals surface area contributed by atoms with Gasteiger partial charge in [0.1, 0.15) is 0 Å². The van der Waals surface area contributed by atoms with E-state index in [4.69, 9.17) is 8.92 Å². The summed E-state index contributed by atoms with van der Waals surface area (Å²) in [5, 5.41) is 0. The third-order valence-electron chi connectivity index (χ3n) is 1.82. The molecular formula is C10H18O6S. The Morgan fingerprint density at radius 1 is 1.35 bits per heavy atom. The summed E-state index contributed by atoms with van der Waals surface area (Å²) in [6.07, 6.45) is 0.217. The van der Waals surface area contributed by atoms with E-state index in [-0.39, 0.29) is 18.6 Å². The largest absolute Gasteiger partial charge is 0.462 e. The molecule has 7 heteroatoms. The van der Waals surface area contributed by atoms with Crippen molar-refractivity contribution in [3.8, 4) is 0 Å². The summed E-state index contributed by atoms with van der Waals surface area (Å²) in [4.78, 5) is 11.1. The molecular weight excluding hydrogens is 248 g/mol. The lowest BCUT2D eigenvalue weighted by atomic mass is 10.1. The van der Waals surface area contributed by atoms with Crippen molar-refractivity contribution in [1.29, 1.82) is 0 Å². The van der Waals surface area contributed by atoms with E-state index < -0.39 is 22.0 Å². The lowest BCUT2D eigenvalue weighted by Crippen LogP contribution is -2.30. The van der Waals surface area contributed by atoms with Crippen molar-refractivity contribution in [2.24, 2.45) is 0 Å². The molecule has 0 aliphatic rings. The molecule has 0 bridgehead atoms. The van der Waals surface area contributed by atoms with Crippen molar-refractivity contribution in [3.05, 3.63) is 12.2 Å². The van der Waals surface area contributed by atoms with Crippen molar-refractivity contribution in [3.63, 3.8) is 0 Å². The zero-order valence-corrected chi connectivity index (χ0v) is 11.3. The van der Waals surface area contributed by atoms with Crippen LogP contribution in [0.3, 0.4) is 0 Å². The van der Waals surface area contributed by atoms with Crippen molar-refractivity contribution >= 4 is 16.4 Å². The summed E-state index contributed by atoms with van der Waals surface area (Å²) in [7, 11) is -3.00. The minimum Gasteiger partial charge on any atom is -0.462 e. The van der Waals surface area contributed by atoms with Crippen LogP contribution in [0, 0.1) is 0 Å². The van der Waals surface area contributed by atoms with Gasteiger partial charge in [-0.25, -0.2) is 8.98 Å². The molecule has 0 rings (SSSR count). The monoisotopic (exact) mass is 266 g/mol. The van der Waals surface area contributed by atoms with Crippen LogP contribution in [-0.2, 0) is 28.3 Å². The predicted molar refractivity (Wildman–Crippen MR) is 61.5 cm³/mol. The Balaban J connectivity index is 4.20. The highest BCUT2D eigenvalue weighted by Crippen LogP contribution is 2.18. The highest BCUT2D eigenvalue weighted by Gasteiger charge is 2.27. The first-order chi connectivity index (χ1) is 7.59. The Kier molecular flexibility index (Phi) is 5.80. The number of hydrogen-bond acceptors (Lipinski definition) is 6. The SMILES string of the molecule is C=C(C)C(=O)OCCC(C)(C)OS(=O)(=O)OC. The molecule has 0 aromatic carbocycles. The van der Waals surface area contributed by atoms with Crippen molar-refractivity contribution in [1.82, 2.24) is 0 Å². The lowest BCUT2D eigenvalue weighted by Gasteiger charge is -2.23. The smallest absolute Gasteiger partial charge is 0.400 e. The molecule has 0 unspecified atom stereocenters. The Bertz CT molecular complexity index is 382. The topological polar surface area (TPSA) is 78.9 Å². The highest BCUT2D eigenvalue weighted by atomic mass is 32.3. The second-order valence-electron chi connectivity index (χ2n) is 4.08. The van der Waals surface area contributed by atoms with E-state index in [1.54, 1.807) is 13.8 Å². The van der Waals surface area contributed by atoms with Gasteiger partial charge >= 0.3 is 16.4 Å². The van der Waals surface area contributed by atoms with E-state index in [2.05, 4.69) is 10.8 Å². The van der Waals surface area contributed by atoms with Gasteiger partial charge in [-0.05, 0) is 20.8 Å². The molecule has 0 fully saturated rings. The van der Waals surface area contributed by atoms with Crippen LogP contribution >= 0.6 is 0 Å². The quantitative estimate of drug-likeness (QED) is 0.508. The van der Waals surface area contributed by atoms with E-state index in [9.17, 15) is 13.2 Å². The molecule has 0 aliphatic carbocycles. The number of carbonyl (C=O) groups is 1. The molecule has 0 atom stereocenters. The second-order valence-corrected chi connectivity index (χ2v) is 5.40. The summed E-state index contributed by atoms with van der Waals surface area (Å²) in [6, 6.07) is 0. The molecule has 6 nitrogen and oxygen atoms in total. The maximum atomic E-state index is 11.1. The molecule has 0 spiro atoms. The molecule has 0 heterocycles. The van der Waals surface area contributed by atoms with Crippen LogP contribution in [0.15, 0.2) is 12.2 Å². The minimum absolute atomic E-state index is 0.0396. The number of rotatable bonds is 7. The minimum atomic E-state index is -4.00. The average molecular weight is 266 g/mol. The molecule has 0 N–H and O–H groups in total. The van der Waals surface area contributed by atoms with Gasteiger partial charge in [0.25, 0.3) is 0 Å². The summed E-state index contributed by atoms with van der Waals surface area (Å²) in [5.74, 6) is -0.518. The van der Waals surface area contributed by atoms with Crippen molar-refractivity contribution in [2.75, 3.05) is 13.7 Å². The molecule has 100 valence electrons. The zero-order valence-electron chi connectivity index (χ0n) is 10.5. The van der Waals surface area contributed by atoms with Crippen LogP contribution in [0.4, 0.5) is 0 Å². The number of ether oxygens (including phenoxy) is 1. The number of esters is 1. The molecule has 0 radical (unpaired) electrons. The molecule has 0 aliphatic heterocycles. The van der Waals surface area contributed by atoms with E-state index >= 15 is 0 Å². The highest BCUT2D eigenvalue weighted by molar-refractivity contribution is 7.81. The summed E-state index contributed by atoms with van der Waals surface area (Å²) in [6.45, 7) is 8.10. The lowest BCUT2D eigenvalue weighted by molar-refractivity contribution is -0.139. The first kappa shape index (κ1) is 16.1. The van der Waals surface area contributed by atoms with Crippen molar-refractivity contribution in [2.45, 2.75) is 32.8 Å². The van der Waals surface area contributed by atoms with Crippen LogP contribution in [0.2, 0.25) is 0 Å². The molecule has 0 saturated heterocycles. The molecule has 0 aromatic rings. The van der Waals surface area contributed by atoms with E-state index in [0.717, 1.165) is 7.11 Å².